The second kappa shape index (κ2) is 8.80. The molecule has 0 saturated heterocycles. The lowest BCUT2D eigenvalue weighted by Gasteiger charge is -2.23. The van der Waals surface area contributed by atoms with Crippen molar-refractivity contribution >= 4 is 16.2 Å². The van der Waals surface area contributed by atoms with Crippen molar-refractivity contribution in [3.63, 3.8) is 0 Å². The van der Waals surface area contributed by atoms with Crippen LogP contribution in [0.2, 0.25) is 6.04 Å². The summed E-state index contributed by atoms with van der Waals surface area (Å²) in [5.41, 5.74) is 0. The van der Waals surface area contributed by atoms with E-state index in [1.54, 1.807) is 0 Å². The number of nitrogens with zero attached hydrogens (tertiary/aromatic N) is 1. The smallest absolute Gasteiger partial charge is 0.355 e. The normalized spacial score (nSPS) is 12.9. The Morgan fingerprint density at radius 2 is 1.93 bits per heavy atom. The number of rotatable bonds is 8. The van der Waals surface area contributed by atoms with Gasteiger partial charge in [0.15, 0.2) is 0 Å². The third kappa shape index (κ3) is 5.24. The Labute approximate surface area is 92.7 Å². The van der Waals surface area contributed by atoms with E-state index < -0.39 is 12.2 Å². The molecule has 0 aliphatic heterocycles. The van der Waals surface area contributed by atoms with Crippen LogP contribution in [0.3, 0.4) is 0 Å². The van der Waals surface area contributed by atoms with Gasteiger partial charge in [-0.1, -0.05) is 6.04 Å². The van der Waals surface area contributed by atoms with Crippen molar-refractivity contribution in [1.29, 1.82) is 0 Å². The van der Waals surface area contributed by atoms with E-state index in [9.17, 15) is 4.79 Å². The molecule has 6 nitrogen and oxygen atoms in total. The van der Waals surface area contributed by atoms with Gasteiger partial charge in [0.2, 0.25) is 0 Å². The molecule has 0 heterocycles. The maximum Gasteiger partial charge on any atom is 0.355 e. The first kappa shape index (κ1) is 14.5. The monoisotopic (exact) mass is 234 g/mol. The zero-order chi connectivity index (χ0) is 11.7. The SMILES string of the molecule is COC(C(=O)OCCC[Si])N(OC)OC. The van der Waals surface area contributed by atoms with Gasteiger partial charge in [-0.15, -0.1) is 0 Å². The Bertz CT molecular complexity index is 176. The van der Waals surface area contributed by atoms with Crippen LogP contribution >= 0.6 is 0 Å². The number of methoxy groups -OCH3 is 1. The average molecular weight is 234 g/mol. The lowest BCUT2D eigenvalue weighted by Crippen LogP contribution is -2.42. The largest absolute Gasteiger partial charge is 0.463 e. The quantitative estimate of drug-likeness (QED) is 0.192. The third-order valence-electron chi connectivity index (χ3n) is 1.54. The van der Waals surface area contributed by atoms with Gasteiger partial charge in [0.05, 0.1) is 20.8 Å². The van der Waals surface area contributed by atoms with Crippen LogP contribution in [-0.2, 0) is 23.9 Å². The molecule has 0 bridgehead atoms. The van der Waals surface area contributed by atoms with Crippen molar-refractivity contribution in [3.8, 4) is 0 Å². The number of hydrogen-bond donors (Lipinski definition) is 0. The molecule has 0 N–H and O–H groups in total. The number of ether oxygens (including phenoxy) is 2. The highest BCUT2D eigenvalue weighted by molar-refractivity contribution is 6.08. The fourth-order valence-electron chi connectivity index (χ4n) is 0.851. The van der Waals surface area contributed by atoms with Crippen LogP contribution in [0.5, 0.6) is 0 Å². The van der Waals surface area contributed by atoms with E-state index in [2.05, 4.69) is 10.2 Å². The molecule has 0 aromatic carbocycles. The standard InChI is InChI=1S/C8H16NO5Si/c1-11-7(9(12-2)13-3)8(10)14-5-4-6-15/h7H,4-6H2,1-3H3. The molecule has 15 heavy (non-hydrogen) atoms. The molecule has 0 spiro atoms. The van der Waals surface area contributed by atoms with Crippen molar-refractivity contribution in [2.24, 2.45) is 0 Å². The van der Waals surface area contributed by atoms with Crippen LogP contribution in [0.4, 0.5) is 0 Å². The van der Waals surface area contributed by atoms with Gasteiger partial charge >= 0.3 is 5.97 Å². The summed E-state index contributed by atoms with van der Waals surface area (Å²) in [6.45, 7) is 0.323. The minimum absolute atomic E-state index is 0.323. The van der Waals surface area contributed by atoms with Gasteiger partial charge in [0, 0.05) is 17.4 Å². The van der Waals surface area contributed by atoms with Crippen molar-refractivity contribution < 1.29 is 23.9 Å². The van der Waals surface area contributed by atoms with Crippen molar-refractivity contribution in [2.75, 3.05) is 27.9 Å². The molecule has 1 unspecified atom stereocenters. The Hall–Kier alpha value is -0.473. The van der Waals surface area contributed by atoms with Crippen molar-refractivity contribution in [2.45, 2.75) is 18.7 Å². The highest BCUT2D eigenvalue weighted by Crippen LogP contribution is 2.04. The number of hydroxylamine groups is 2. The van der Waals surface area contributed by atoms with E-state index in [1.165, 1.54) is 21.3 Å². The molecule has 0 aliphatic carbocycles. The number of carbonyl (C=O) groups is 1. The zero-order valence-electron chi connectivity index (χ0n) is 9.19. The first-order chi connectivity index (χ1) is 7.21. The predicted octanol–water partition coefficient (Wildman–Crippen LogP) is -0.0962. The summed E-state index contributed by atoms with van der Waals surface area (Å²) in [6, 6.07) is 0.767. The summed E-state index contributed by atoms with van der Waals surface area (Å²) in [5.74, 6) is -0.554. The first-order valence-corrected chi connectivity index (χ1v) is 5.13. The van der Waals surface area contributed by atoms with E-state index in [1.807, 2.05) is 0 Å². The van der Waals surface area contributed by atoms with E-state index in [0.717, 1.165) is 17.7 Å². The molecule has 0 fully saturated rings. The van der Waals surface area contributed by atoms with Crippen LogP contribution in [0.25, 0.3) is 0 Å². The van der Waals surface area contributed by atoms with Crippen molar-refractivity contribution in [3.05, 3.63) is 0 Å². The van der Waals surface area contributed by atoms with E-state index >= 15 is 0 Å². The fourth-order valence-corrected chi connectivity index (χ4v) is 0.995. The number of hydrogen-bond acceptors (Lipinski definition) is 6. The molecular weight excluding hydrogens is 218 g/mol. The Balaban J connectivity index is 4.08. The van der Waals surface area contributed by atoms with Gasteiger partial charge in [-0.3, -0.25) is 9.68 Å². The van der Waals surface area contributed by atoms with Gasteiger partial charge < -0.3 is 9.47 Å². The van der Waals surface area contributed by atoms with Gasteiger partial charge in [-0.05, 0) is 11.6 Å². The molecule has 0 rings (SSSR count). The second-order valence-corrected chi connectivity index (χ2v) is 3.01. The summed E-state index contributed by atoms with van der Waals surface area (Å²) in [4.78, 5) is 21.0. The Morgan fingerprint density at radius 1 is 1.33 bits per heavy atom. The van der Waals surface area contributed by atoms with Crippen LogP contribution < -0.4 is 0 Å². The molecule has 7 heteroatoms. The lowest BCUT2D eigenvalue weighted by molar-refractivity contribution is -0.393. The van der Waals surface area contributed by atoms with Gasteiger partial charge in [-0.25, -0.2) is 4.79 Å². The van der Waals surface area contributed by atoms with Gasteiger partial charge in [0.25, 0.3) is 6.23 Å². The van der Waals surface area contributed by atoms with Gasteiger partial charge in [-0.2, -0.15) is 0 Å². The van der Waals surface area contributed by atoms with Crippen LogP contribution in [0.15, 0.2) is 0 Å². The Kier molecular flexibility index (Phi) is 8.53. The minimum atomic E-state index is -1.02. The molecule has 87 valence electrons. The maximum absolute atomic E-state index is 11.4. The summed E-state index contributed by atoms with van der Waals surface area (Å²) in [5, 5.41) is 0.913. The summed E-state index contributed by atoms with van der Waals surface area (Å²) in [7, 11) is 7.36. The highest BCUT2D eigenvalue weighted by Gasteiger charge is 2.28. The van der Waals surface area contributed by atoms with E-state index in [-0.39, 0.29) is 0 Å². The molecular formula is C8H16NO5Si. The van der Waals surface area contributed by atoms with Gasteiger partial charge in [0.1, 0.15) is 0 Å². The first-order valence-electron chi connectivity index (χ1n) is 4.42. The predicted molar refractivity (Wildman–Crippen MR) is 52.8 cm³/mol. The molecule has 3 radical (unpaired) electrons. The molecule has 0 aromatic rings. The van der Waals surface area contributed by atoms with E-state index in [4.69, 9.17) is 19.1 Å². The average Bonchev–Trinajstić information content (AvgIpc) is 2.25. The topological polar surface area (TPSA) is 57.2 Å². The van der Waals surface area contributed by atoms with Crippen LogP contribution in [0, 0.1) is 0 Å². The second-order valence-electron chi connectivity index (χ2n) is 2.51. The summed E-state index contributed by atoms with van der Waals surface area (Å²) in [6.07, 6.45) is -0.284. The summed E-state index contributed by atoms with van der Waals surface area (Å²) >= 11 is 0. The molecule has 0 aliphatic rings. The molecule has 0 aromatic heterocycles. The van der Waals surface area contributed by atoms with E-state index in [0.29, 0.717) is 6.61 Å². The third-order valence-corrected chi connectivity index (χ3v) is 1.90. The highest BCUT2D eigenvalue weighted by atomic mass is 28.1. The number of carbonyl (C=O) groups excluding carboxylic acids is 1. The Morgan fingerprint density at radius 3 is 2.33 bits per heavy atom. The fraction of sp³-hybridized carbons (Fsp3) is 0.875. The maximum atomic E-state index is 11.4. The zero-order valence-corrected chi connectivity index (χ0v) is 10.2. The minimum Gasteiger partial charge on any atom is -0.463 e. The van der Waals surface area contributed by atoms with Crippen molar-refractivity contribution in [1.82, 2.24) is 5.23 Å². The molecule has 1 atom stereocenters. The number of esters is 1. The molecule has 0 amide bonds. The van der Waals surface area contributed by atoms with Crippen LogP contribution in [0.1, 0.15) is 6.42 Å². The molecule has 0 saturated carbocycles. The summed E-state index contributed by atoms with van der Waals surface area (Å²) < 4.78 is 9.80. The van der Waals surface area contributed by atoms with Crippen LogP contribution in [-0.4, -0.2) is 55.6 Å². The lowest BCUT2D eigenvalue weighted by atomic mass is 10.5.